The van der Waals surface area contributed by atoms with E-state index >= 15 is 0 Å². The van der Waals surface area contributed by atoms with E-state index < -0.39 is 0 Å². The van der Waals surface area contributed by atoms with Crippen LogP contribution in [0.1, 0.15) is 26.3 Å². The van der Waals surface area contributed by atoms with E-state index in [9.17, 15) is 9.59 Å². The normalized spacial score (nSPS) is 10.4. The third-order valence-electron chi connectivity index (χ3n) is 4.59. The van der Waals surface area contributed by atoms with Gasteiger partial charge in [0, 0.05) is 36.9 Å². The van der Waals surface area contributed by atoms with Crippen LogP contribution in [0.3, 0.4) is 0 Å². The summed E-state index contributed by atoms with van der Waals surface area (Å²) in [4.78, 5) is 24.7. The predicted molar refractivity (Wildman–Crippen MR) is 121 cm³/mol. The maximum absolute atomic E-state index is 12.5. The summed E-state index contributed by atoms with van der Waals surface area (Å²) in [5.41, 5.74) is 2.74. The molecule has 0 saturated carbocycles. The lowest BCUT2D eigenvalue weighted by Crippen LogP contribution is -2.27. The fourth-order valence-electron chi connectivity index (χ4n) is 2.94. The molecule has 0 spiro atoms. The Morgan fingerprint density at radius 3 is 2.32 bits per heavy atom. The molecule has 160 valence electrons. The second-order valence-electron chi connectivity index (χ2n) is 6.89. The largest absolute Gasteiger partial charge is 0.493 e. The molecular formula is C25H26N2O4. The number of carbonyl (C=O) groups is 2. The van der Waals surface area contributed by atoms with Gasteiger partial charge in [-0.15, -0.1) is 0 Å². The molecule has 6 heteroatoms. The fourth-order valence-corrected chi connectivity index (χ4v) is 2.94. The fraction of sp³-hybridized carbons (Fsp3) is 0.200. The average molecular weight is 418 g/mol. The summed E-state index contributed by atoms with van der Waals surface area (Å²) in [5.74, 6) is 0.236. The van der Waals surface area contributed by atoms with Crippen molar-refractivity contribution in [3.8, 4) is 5.75 Å². The Bertz CT molecular complexity index is 988. The number of anilines is 1. The molecule has 3 aromatic rings. The van der Waals surface area contributed by atoms with Crippen LogP contribution in [0.25, 0.3) is 0 Å². The summed E-state index contributed by atoms with van der Waals surface area (Å²) in [5, 5.41) is 5.58. The number of hydrogen-bond donors (Lipinski definition) is 2. The Kier molecular flexibility index (Phi) is 8.20. The molecule has 31 heavy (non-hydrogen) atoms. The highest BCUT2D eigenvalue weighted by molar-refractivity contribution is 6.05. The molecule has 0 atom stereocenters. The standard InChI is InChI=1S/C25H26N2O4/c1-30-17-15-26-24(28)21-8-5-9-22(18-21)27-25(29)20-10-12-23(13-11-20)31-16-14-19-6-3-2-4-7-19/h2-13,18H,14-17H2,1H3,(H,26,28)(H,27,29). The second kappa shape index (κ2) is 11.5. The molecule has 0 aliphatic carbocycles. The van der Waals surface area contributed by atoms with E-state index in [0.29, 0.717) is 42.3 Å². The van der Waals surface area contributed by atoms with Crippen LogP contribution in [0.2, 0.25) is 0 Å². The highest BCUT2D eigenvalue weighted by atomic mass is 16.5. The number of rotatable bonds is 10. The van der Waals surface area contributed by atoms with Crippen LogP contribution in [-0.4, -0.2) is 38.7 Å². The Balaban J connectivity index is 1.52. The first kappa shape index (κ1) is 22.1. The molecule has 0 radical (unpaired) electrons. The number of amides is 2. The maximum Gasteiger partial charge on any atom is 0.255 e. The van der Waals surface area contributed by atoms with E-state index in [2.05, 4.69) is 22.8 Å². The van der Waals surface area contributed by atoms with Gasteiger partial charge in [-0.05, 0) is 48.0 Å². The Morgan fingerprint density at radius 2 is 1.58 bits per heavy atom. The zero-order valence-corrected chi connectivity index (χ0v) is 17.5. The predicted octanol–water partition coefficient (Wildman–Crippen LogP) is 3.94. The van der Waals surface area contributed by atoms with Gasteiger partial charge in [-0.3, -0.25) is 9.59 Å². The topological polar surface area (TPSA) is 76.7 Å². The van der Waals surface area contributed by atoms with Crippen molar-refractivity contribution in [3.63, 3.8) is 0 Å². The van der Waals surface area contributed by atoms with Crippen LogP contribution in [-0.2, 0) is 11.2 Å². The third-order valence-corrected chi connectivity index (χ3v) is 4.59. The van der Waals surface area contributed by atoms with E-state index in [4.69, 9.17) is 9.47 Å². The number of hydrogen-bond acceptors (Lipinski definition) is 4. The number of nitrogens with one attached hydrogen (secondary N) is 2. The number of benzene rings is 3. The van der Waals surface area contributed by atoms with E-state index in [0.717, 1.165) is 6.42 Å². The first-order chi connectivity index (χ1) is 15.2. The van der Waals surface area contributed by atoms with Gasteiger partial charge in [-0.2, -0.15) is 0 Å². The number of ether oxygens (including phenoxy) is 2. The average Bonchev–Trinajstić information content (AvgIpc) is 2.80. The number of carbonyl (C=O) groups excluding carboxylic acids is 2. The summed E-state index contributed by atoms with van der Waals surface area (Å²) >= 11 is 0. The van der Waals surface area contributed by atoms with Crippen LogP contribution < -0.4 is 15.4 Å². The summed E-state index contributed by atoms with van der Waals surface area (Å²) in [6.45, 7) is 1.43. The first-order valence-electron chi connectivity index (χ1n) is 10.1. The minimum atomic E-state index is -0.257. The molecule has 0 heterocycles. The van der Waals surface area contributed by atoms with Crippen LogP contribution >= 0.6 is 0 Å². The monoisotopic (exact) mass is 418 g/mol. The van der Waals surface area contributed by atoms with Crippen molar-refractivity contribution in [2.75, 3.05) is 32.2 Å². The third kappa shape index (κ3) is 6.97. The maximum atomic E-state index is 12.5. The summed E-state index contributed by atoms with van der Waals surface area (Å²) in [6, 6.07) is 23.9. The van der Waals surface area contributed by atoms with Crippen molar-refractivity contribution >= 4 is 17.5 Å². The van der Waals surface area contributed by atoms with Gasteiger partial charge in [-0.25, -0.2) is 0 Å². The van der Waals surface area contributed by atoms with Crippen LogP contribution in [0.15, 0.2) is 78.9 Å². The van der Waals surface area contributed by atoms with Crippen molar-refractivity contribution < 1.29 is 19.1 Å². The molecule has 0 bridgehead atoms. The molecular weight excluding hydrogens is 392 g/mol. The molecule has 0 aliphatic rings. The lowest BCUT2D eigenvalue weighted by molar-refractivity contribution is 0.0936. The zero-order chi connectivity index (χ0) is 21.9. The molecule has 3 aromatic carbocycles. The van der Waals surface area contributed by atoms with Gasteiger partial charge < -0.3 is 20.1 Å². The summed E-state index contributed by atoms with van der Waals surface area (Å²) in [6.07, 6.45) is 0.818. The van der Waals surface area contributed by atoms with E-state index in [1.54, 1.807) is 55.6 Å². The van der Waals surface area contributed by atoms with E-state index in [-0.39, 0.29) is 11.8 Å². The van der Waals surface area contributed by atoms with Crippen LogP contribution in [0, 0.1) is 0 Å². The van der Waals surface area contributed by atoms with Crippen molar-refractivity contribution in [1.82, 2.24) is 5.32 Å². The Hall–Kier alpha value is -3.64. The first-order valence-corrected chi connectivity index (χ1v) is 10.1. The smallest absolute Gasteiger partial charge is 0.255 e. The summed E-state index contributed by atoms with van der Waals surface area (Å²) < 4.78 is 10.7. The molecule has 2 amide bonds. The summed E-state index contributed by atoms with van der Waals surface area (Å²) in [7, 11) is 1.58. The molecule has 0 aromatic heterocycles. The molecule has 0 unspecified atom stereocenters. The van der Waals surface area contributed by atoms with Crippen molar-refractivity contribution in [2.24, 2.45) is 0 Å². The highest BCUT2D eigenvalue weighted by Crippen LogP contribution is 2.16. The minimum Gasteiger partial charge on any atom is -0.493 e. The van der Waals surface area contributed by atoms with Crippen molar-refractivity contribution in [3.05, 3.63) is 95.6 Å². The van der Waals surface area contributed by atoms with Crippen molar-refractivity contribution in [1.29, 1.82) is 0 Å². The van der Waals surface area contributed by atoms with Gasteiger partial charge in [0.05, 0.1) is 13.2 Å². The van der Waals surface area contributed by atoms with Crippen LogP contribution in [0.5, 0.6) is 5.75 Å². The zero-order valence-electron chi connectivity index (χ0n) is 17.5. The molecule has 0 fully saturated rings. The SMILES string of the molecule is COCCNC(=O)c1cccc(NC(=O)c2ccc(OCCc3ccccc3)cc2)c1. The lowest BCUT2D eigenvalue weighted by Gasteiger charge is -2.09. The second-order valence-corrected chi connectivity index (χ2v) is 6.89. The van der Waals surface area contributed by atoms with Crippen molar-refractivity contribution in [2.45, 2.75) is 6.42 Å². The van der Waals surface area contributed by atoms with Gasteiger partial charge in [0.25, 0.3) is 11.8 Å². The van der Waals surface area contributed by atoms with Gasteiger partial charge in [0.15, 0.2) is 0 Å². The van der Waals surface area contributed by atoms with Gasteiger partial charge >= 0.3 is 0 Å². The van der Waals surface area contributed by atoms with Gasteiger partial charge in [0.1, 0.15) is 5.75 Å². The minimum absolute atomic E-state index is 0.217. The van der Waals surface area contributed by atoms with Gasteiger partial charge in [-0.1, -0.05) is 36.4 Å². The molecule has 0 saturated heterocycles. The highest BCUT2D eigenvalue weighted by Gasteiger charge is 2.09. The van der Waals surface area contributed by atoms with Crippen LogP contribution in [0.4, 0.5) is 5.69 Å². The van der Waals surface area contributed by atoms with Gasteiger partial charge in [0.2, 0.25) is 0 Å². The lowest BCUT2D eigenvalue weighted by atomic mass is 10.1. The number of methoxy groups -OCH3 is 1. The van der Waals surface area contributed by atoms with E-state index in [1.807, 2.05) is 18.2 Å². The Labute approximate surface area is 182 Å². The Morgan fingerprint density at radius 1 is 0.806 bits per heavy atom. The molecule has 6 nitrogen and oxygen atoms in total. The quantitative estimate of drug-likeness (QED) is 0.489. The molecule has 2 N–H and O–H groups in total. The molecule has 3 rings (SSSR count). The van der Waals surface area contributed by atoms with E-state index in [1.165, 1.54) is 5.56 Å². The molecule has 0 aliphatic heterocycles.